The van der Waals surface area contributed by atoms with Crippen LogP contribution in [0.1, 0.15) is 42.3 Å². The van der Waals surface area contributed by atoms with Gasteiger partial charge in [0, 0.05) is 24.0 Å². The number of nitrogens with zero attached hydrogens (tertiary/aromatic N) is 2. The number of aryl methyl sites for hydroxylation is 1. The molecule has 1 heterocycles. The molecule has 0 amide bonds. The zero-order valence-corrected chi connectivity index (χ0v) is 9.89. The fraction of sp³-hybridized carbons (Fsp3) is 0.727. The number of aromatic nitrogens is 1. The molecule has 4 heteroatoms. The lowest BCUT2D eigenvalue weighted by atomic mass is 9.99. The highest BCUT2D eigenvalue weighted by Crippen LogP contribution is 2.39. The van der Waals surface area contributed by atoms with E-state index >= 15 is 0 Å². The number of nitrogens with two attached hydrogens (primary N) is 1. The Morgan fingerprint density at radius 1 is 1.40 bits per heavy atom. The SMILES string of the molecule is CN(c1nc2c(s1)C(N)CCC2)C1CC1. The molecule has 3 nitrogen and oxygen atoms in total. The second-order valence-corrected chi connectivity index (χ2v) is 5.66. The molecule has 0 spiro atoms. The van der Waals surface area contributed by atoms with Crippen LogP contribution in [-0.2, 0) is 6.42 Å². The normalized spacial score (nSPS) is 25.1. The topological polar surface area (TPSA) is 42.2 Å². The van der Waals surface area contributed by atoms with E-state index < -0.39 is 0 Å². The van der Waals surface area contributed by atoms with Gasteiger partial charge in [-0.3, -0.25) is 0 Å². The van der Waals surface area contributed by atoms with Gasteiger partial charge in [-0.15, -0.1) is 0 Å². The van der Waals surface area contributed by atoms with Crippen molar-refractivity contribution in [3.05, 3.63) is 10.6 Å². The summed E-state index contributed by atoms with van der Waals surface area (Å²) in [7, 11) is 2.16. The average Bonchev–Trinajstić information content (AvgIpc) is 2.97. The predicted molar refractivity (Wildman–Crippen MR) is 63.4 cm³/mol. The van der Waals surface area contributed by atoms with Crippen LogP contribution in [0.5, 0.6) is 0 Å². The Morgan fingerprint density at radius 3 is 2.87 bits per heavy atom. The molecule has 0 bridgehead atoms. The monoisotopic (exact) mass is 223 g/mol. The van der Waals surface area contributed by atoms with E-state index in [1.54, 1.807) is 0 Å². The number of thiazole rings is 1. The number of rotatable bonds is 2. The summed E-state index contributed by atoms with van der Waals surface area (Å²) in [4.78, 5) is 8.39. The summed E-state index contributed by atoms with van der Waals surface area (Å²) < 4.78 is 0. The van der Waals surface area contributed by atoms with Crippen LogP contribution in [-0.4, -0.2) is 18.1 Å². The molecular weight excluding hydrogens is 206 g/mol. The van der Waals surface area contributed by atoms with Gasteiger partial charge in [0.2, 0.25) is 0 Å². The first-order chi connectivity index (χ1) is 7.25. The third kappa shape index (κ3) is 1.66. The summed E-state index contributed by atoms with van der Waals surface area (Å²) in [6, 6.07) is 0.987. The summed E-state index contributed by atoms with van der Waals surface area (Å²) in [6.07, 6.45) is 6.10. The van der Waals surface area contributed by atoms with E-state index in [2.05, 4.69) is 11.9 Å². The van der Waals surface area contributed by atoms with Crippen molar-refractivity contribution >= 4 is 16.5 Å². The molecule has 0 aliphatic heterocycles. The Bertz CT molecular complexity index is 370. The van der Waals surface area contributed by atoms with Crippen molar-refractivity contribution in [1.82, 2.24) is 4.98 Å². The molecule has 2 N–H and O–H groups in total. The Morgan fingerprint density at radius 2 is 2.20 bits per heavy atom. The van der Waals surface area contributed by atoms with Crippen molar-refractivity contribution in [3.8, 4) is 0 Å². The molecule has 1 saturated carbocycles. The first kappa shape index (κ1) is 9.60. The van der Waals surface area contributed by atoms with Crippen LogP contribution in [0, 0.1) is 0 Å². The maximum atomic E-state index is 6.10. The minimum absolute atomic E-state index is 0.243. The summed E-state index contributed by atoms with van der Waals surface area (Å²) in [5.41, 5.74) is 7.37. The standard InChI is InChI=1S/C11H17N3S/c1-14(7-5-6-7)11-13-9-4-2-3-8(12)10(9)15-11/h7-8H,2-6,12H2,1H3. The van der Waals surface area contributed by atoms with E-state index in [4.69, 9.17) is 10.7 Å². The van der Waals surface area contributed by atoms with Gasteiger partial charge in [-0.25, -0.2) is 4.98 Å². The molecule has 2 aliphatic rings. The van der Waals surface area contributed by atoms with Gasteiger partial charge >= 0.3 is 0 Å². The van der Waals surface area contributed by atoms with Crippen molar-refractivity contribution in [3.63, 3.8) is 0 Å². The molecular formula is C11H17N3S. The van der Waals surface area contributed by atoms with E-state index in [0.29, 0.717) is 0 Å². The van der Waals surface area contributed by atoms with Crippen LogP contribution in [0.15, 0.2) is 0 Å². The van der Waals surface area contributed by atoms with Gasteiger partial charge in [0.1, 0.15) is 0 Å². The third-order valence-electron chi connectivity index (χ3n) is 3.38. The second kappa shape index (κ2) is 3.46. The molecule has 0 saturated heterocycles. The molecule has 15 heavy (non-hydrogen) atoms. The van der Waals surface area contributed by atoms with E-state index in [1.807, 2.05) is 11.3 Å². The quantitative estimate of drug-likeness (QED) is 0.834. The highest BCUT2D eigenvalue weighted by atomic mass is 32.1. The summed E-state index contributed by atoms with van der Waals surface area (Å²) in [5, 5.41) is 1.18. The first-order valence-electron chi connectivity index (χ1n) is 5.73. The second-order valence-electron chi connectivity index (χ2n) is 4.65. The van der Waals surface area contributed by atoms with Crippen LogP contribution >= 0.6 is 11.3 Å². The van der Waals surface area contributed by atoms with Crippen molar-refractivity contribution in [2.24, 2.45) is 5.73 Å². The van der Waals surface area contributed by atoms with E-state index in [0.717, 1.165) is 18.9 Å². The van der Waals surface area contributed by atoms with Crippen LogP contribution in [0.4, 0.5) is 5.13 Å². The van der Waals surface area contributed by atoms with Crippen molar-refractivity contribution in [1.29, 1.82) is 0 Å². The van der Waals surface area contributed by atoms with E-state index in [9.17, 15) is 0 Å². The molecule has 0 radical (unpaired) electrons. The van der Waals surface area contributed by atoms with Gasteiger partial charge < -0.3 is 10.6 Å². The molecule has 1 fully saturated rings. The Kier molecular flexibility index (Phi) is 2.21. The number of hydrogen-bond donors (Lipinski definition) is 1. The van der Waals surface area contributed by atoms with Crippen LogP contribution in [0.25, 0.3) is 0 Å². The smallest absolute Gasteiger partial charge is 0.185 e. The van der Waals surface area contributed by atoms with Crippen molar-refractivity contribution < 1.29 is 0 Å². The lowest BCUT2D eigenvalue weighted by molar-refractivity contribution is 0.573. The minimum Gasteiger partial charge on any atom is -0.348 e. The van der Waals surface area contributed by atoms with Gasteiger partial charge in [0.05, 0.1) is 5.69 Å². The molecule has 1 atom stereocenters. The molecule has 82 valence electrons. The maximum Gasteiger partial charge on any atom is 0.185 e. The van der Waals surface area contributed by atoms with Crippen molar-refractivity contribution in [2.45, 2.75) is 44.2 Å². The lowest BCUT2D eigenvalue weighted by Crippen LogP contribution is -2.19. The molecule has 2 aliphatic carbocycles. The lowest BCUT2D eigenvalue weighted by Gasteiger charge is -2.15. The third-order valence-corrected chi connectivity index (χ3v) is 4.70. The first-order valence-corrected chi connectivity index (χ1v) is 6.55. The van der Waals surface area contributed by atoms with Gasteiger partial charge in [-0.05, 0) is 32.1 Å². The molecule has 1 aromatic rings. The molecule has 1 unspecified atom stereocenters. The Hall–Kier alpha value is -0.610. The van der Waals surface area contributed by atoms with Crippen LogP contribution < -0.4 is 10.6 Å². The van der Waals surface area contributed by atoms with Gasteiger partial charge in [-0.1, -0.05) is 11.3 Å². The number of hydrogen-bond acceptors (Lipinski definition) is 4. The van der Waals surface area contributed by atoms with Gasteiger partial charge in [0.15, 0.2) is 5.13 Å². The molecule has 3 rings (SSSR count). The summed E-state index contributed by atoms with van der Waals surface area (Å²) in [5.74, 6) is 0. The largest absolute Gasteiger partial charge is 0.348 e. The fourth-order valence-electron chi connectivity index (χ4n) is 2.21. The summed E-state index contributed by atoms with van der Waals surface area (Å²) >= 11 is 1.81. The molecule has 1 aromatic heterocycles. The van der Waals surface area contributed by atoms with Crippen LogP contribution in [0.3, 0.4) is 0 Å². The van der Waals surface area contributed by atoms with Gasteiger partial charge in [0.25, 0.3) is 0 Å². The minimum atomic E-state index is 0.243. The van der Waals surface area contributed by atoms with Gasteiger partial charge in [-0.2, -0.15) is 0 Å². The average molecular weight is 223 g/mol. The predicted octanol–water partition coefficient (Wildman–Crippen LogP) is 2.08. The highest BCUT2D eigenvalue weighted by Gasteiger charge is 2.30. The molecule has 0 aromatic carbocycles. The Labute approximate surface area is 94.3 Å². The maximum absolute atomic E-state index is 6.10. The fourth-order valence-corrected chi connectivity index (χ4v) is 3.39. The van der Waals surface area contributed by atoms with Crippen molar-refractivity contribution in [2.75, 3.05) is 11.9 Å². The zero-order valence-electron chi connectivity index (χ0n) is 9.07. The summed E-state index contributed by atoms with van der Waals surface area (Å²) in [6.45, 7) is 0. The number of anilines is 1. The van der Waals surface area contributed by atoms with Crippen LogP contribution in [0.2, 0.25) is 0 Å². The zero-order chi connectivity index (χ0) is 10.4. The van der Waals surface area contributed by atoms with E-state index in [-0.39, 0.29) is 6.04 Å². The Balaban J connectivity index is 1.90. The number of fused-ring (bicyclic) bond motifs is 1. The highest BCUT2D eigenvalue weighted by molar-refractivity contribution is 7.15. The van der Waals surface area contributed by atoms with E-state index in [1.165, 1.54) is 35.0 Å².